The van der Waals surface area contributed by atoms with Crippen LogP contribution in [0.2, 0.25) is 0 Å². The number of esters is 1. The van der Waals surface area contributed by atoms with Crippen molar-refractivity contribution in [2.75, 3.05) is 13.1 Å². The van der Waals surface area contributed by atoms with E-state index in [0.29, 0.717) is 19.5 Å². The Labute approximate surface area is 83.4 Å². The standard InChI is InChI=1S/C9H16N2O3/c1-9(2,3)14-8(12)7-4-5-11(6-7)10-13/h7H,4-6H2,1-3H3. The quantitative estimate of drug-likeness (QED) is 0.498. The highest BCUT2D eigenvalue weighted by Crippen LogP contribution is 2.20. The van der Waals surface area contributed by atoms with Gasteiger partial charge < -0.3 is 4.74 Å². The molecular formula is C9H16N2O3. The summed E-state index contributed by atoms with van der Waals surface area (Å²) in [6, 6.07) is 0. The summed E-state index contributed by atoms with van der Waals surface area (Å²) in [4.78, 5) is 21.7. The number of hydrogen-bond acceptors (Lipinski definition) is 4. The summed E-state index contributed by atoms with van der Waals surface area (Å²) < 4.78 is 5.21. The first-order valence-corrected chi connectivity index (χ1v) is 4.73. The molecule has 1 fully saturated rings. The van der Waals surface area contributed by atoms with E-state index >= 15 is 0 Å². The van der Waals surface area contributed by atoms with E-state index < -0.39 is 5.60 Å². The van der Waals surface area contributed by atoms with E-state index in [1.807, 2.05) is 20.8 Å². The number of hydrogen-bond donors (Lipinski definition) is 0. The maximum absolute atomic E-state index is 11.5. The maximum Gasteiger partial charge on any atom is 0.311 e. The second-order valence-electron chi connectivity index (χ2n) is 4.51. The molecule has 1 rings (SSSR count). The molecule has 1 unspecified atom stereocenters. The fraction of sp³-hybridized carbons (Fsp3) is 0.889. The lowest BCUT2D eigenvalue weighted by atomic mass is 10.1. The Balaban J connectivity index is 2.43. The van der Waals surface area contributed by atoms with Crippen molar-refractivity contribution in [2.45, 2.75) is 32.8 Å². The van der Waals surface area contributed by atoms with Crippen molar-refractivity contribution < 1.29 is 9.53 Å². The molecule has 0 N–H and O–H groups in total. The highest BCUT2D eigenvalue weighted by Gasteiger charge is 2.31. The summed E-state index contributed by atoms with van der Waals surface area (Å²) in [5.41, 5.74) is -0.459. The van der Waals surface area contributed by atoms with E-state index in [4.69, 9.17) is 4.74 Å². The number of nitrogens with zero attached hydrogens (tertiary/aromatic N) is 2. The first kappa shape index (κ1) is 10.9. The van der Waals surface area contributed by atoms with Crippen molar-refractivity contribution in [2.24, 2.45) is 11.2 Å². The molecule has 0 bridgehead atoms. The summed E-state index contributed by atoms with van der Waals surface area (Å²) in [7, 11) is 0. The minimum atomic E-state index is -0.459. The number of ether oxygens (including phenoxy) is 1. The molecule has 14 heavy (non-hydrogen) atoms. The predicted octanol–water partition coefficient (Wildman–Crippen LogP) is 1.33. The van der Waals surface area contributed by atoms with Crippen LogP contribution in [0.15, 0.2) is 5.29 Å². The lowest BCUT2D eigenvalue weighted by molar-refractivity contribution is -0.159. The van der Waals surface area contributed by atoms with Gasteiger partial charge in [0.1, 0.15) is 5.60 Å². The van der Waals surface area contributed by atoms with Gasteiger partial charge in [-0.05, 0) is 27.2 Å². The van der Waals surface area contributed by atoms with Gasteiger partial charge in [0.05, 0.1) is 17.7 Å². The second kappa shape index (κ2) is 3.94. The summed E-state index contributed by atoms with van der Waals surface area (Å²) in [6.45, 7) is 6.42. The molecule has 0 amide bonds. The van der Waals surface area contributed by atoms with Crippen molar-refractivity contribution in [1.82, 2.24) is 5.01 Å². The van der Waals surface area contributed by atoms with E-state index in [1.165, 1.54) is 5.01 Å². The SMILES string of the molecule is CC(C)(C)OC(=O)C1CCN(N=O)C1. The third kappa shape index (κ3) is 2.97. The molecule has 1 aliphatic rings. The Hall–Kier alpha value is -1.13. The molecule has 1 aliphatic heterocycles. The Morgan fingerprint density at radius 3 is 2.57 bits per heavy atom. The summed E-state index contributed by atoms with van der Waals surface area (Å²) >= 11 is 0. The zero-order chi connectivity index (χ0) is 10.8. The van der Waals surface area contributed by atoms with Crippen LogP contribution in [-0.2, 0) is 9.53 Å². The minimum Gasteiger partial charge on any atom is -0.460 e. The van der Waals surface area contributed by atoms with E-state index in [1.54, 1.807) is 0 Å². The van der Waals surface area contributed by atoms with Gasteiger partial charge in [-0.15, -0.1) is 4.91 Å². The molecule has 0 spiro atoms. The molecule has 0 aliphatic carbocycles. The van der Waals surface area contributed by atoms with E-state index in [9.17, 15) is 9.70 Å². The zero-order valence-corrected chi connectivity index (χ0v) is 8.82. The average Bonchev–Trinajstić information content (AvgIpc) is 2.48. The van der Waals surface area contributed by atoms with Gasteiger partial charge in [0, 0.05) is 6.54 Å². The van der Waals surface area contributed by atoms with Gasteiger partial charge in [-0.2, -0.15) is 0 Å². The molecular weight excluding hydrogens is 184 g/mol. The molecule has 5 heteroatoms. The highest BCUT2D eigenvalue weighted by molar-refractivity contribution is 5.73. The van der Waals surface area contributed by atoms with Gasteiger partial charge in [-0.3, -0.25) is 9.80 Å². The van der Waals surface area contributed by atoms with Crippen molar-refractivity contribution in [3.63, 3.8) is 0 Å². The fourth-order valence-electron chi connectivity index (χ4n) is 1.39. The van der Waals surface area contributed by atoms with Gasteiger partial charge in [0.15, 0.2) is 0 Å². The van der Waals surface area contributed by atoms with Crippen LogP contribution in [-0.4, -0.2) is 29.7 Å². The van der Waals surface area contributed by atoms with E-state index in [-0.39, 0.29) is 11.9 Å². The Bertz CT molecular complexity index is 235. The van der Waals surface area contributed by atoms with Crippen LogP contribution < -0.4 is 0 Å². The molecule has 0 aromatic heterocycles. The van der Waals surface area contributed by atoms with Gasteiger partial charge in [-0.1, -0.05) is 0 Å². The van der Waals surface area contributed by atoms with Crippen LogP contribution in [0.3, 0.4) is 0 Å². The molecule has 0 saturated carbocycles. The number of rotatable bonds is 2. The van der Waals surface area contributed by atoms with Gasteiger partial charge in [0.25, 0.3) is 0 Å². The van der Waals surface area contributed by atoms with Crippen LogP contribution in [0.5, 0.6) is 0 Å². The van der Waals surface area contributed by atoms with Crippen molar-refractivity contribution in [3.8, 4) is 0 Å². The summed E-state index contributed by atoms with van der Waals surface area (Å²) in [5.74, 6) is -0.435. The van der Waals surface area contributed by atoms with Crippen molar-refractivity contribution >= 4 is 5.97 Å². The normalized spacial score (nSPS) is 22.2. The number of carbonyl (C=O) groups excluding carboxylic acids is 1. The zero-order valence-electron chi connectivity index (χ0n) is 8.82. The number of carbonyl (C=O) groups is 1. The smallest absolute Gasteiger partial charge is 0.311 e. The Morgan fingerprint density at radius 1 is 1.50 bits per heavy atom. The molecule has 80 valence electrons. The summed E-state index contributed by atoms with van der Waals surface area (Å²) in [5, 5.41) is 4.15. The van der Waals surface area contributed by atoms with Crippen LogP contribution in [0.4, 0.5) is 0 Å². The molecule has 1 heterocycles. The predicted molar refractivity (Wildman–Crippen MR) is 51.3 cm³/mol. The van der Waals surface area contributed by atoms with Crippen molar-refractivity contribution in [3.05, 3.63) is 4.91 Å². The maximum atomic E-state index is 11.5. The lowest BCUT2D eigenvalue weighted by Gasteiger charge is -2.21. The molecule has 0 radical (unpaired) electrons. The van der Waals surface area contributed by atoms with Crippen LogP contribution in [0.25, 0.3) is 0 Å². The Kier molecular flexibility index (Phi) is 3.08. The lowest BCUT2D eigenvalue weighted by Crippen LogP contribution is -2.29. The summed E-state index contributed by atoms with van der Waals surface area (Å²) in [6.07, 6.45) is 0.653. The first-order chi connectivity index (χ1) is 6.42. The van der Waals surface area contributed by atoms with Gasteiger partial charge in [0.2, 0.25) is 0 Å². The third-order valence-corrected chi connectivity index (χ3v) is 2.02. The molecule has 1 saturated heterocycles. The average molecular weight is 200 g/mol. The van der Waals surface area contributed by atoms with Crippen LogP contribution in [0.1, 0.15) is 27.2 Å². The largest absolute Gasteiger partial charge is 0.460 e. The monoisotopic (exact) mass is 200 g/mol. The van der Waals surface area contributed by atoms with E-state index in [2.05, 4.69) is 5.29 Å². The topological polar surface area (TPSA) is 59.0 Å². The van der Waals surface area contributed by atoms with Crippen molar-refractivity contribution in [1.29, 1.82) is 0 Å². The minimum absolute atomic E-state index is 0.202. The third-order valence-electron chi connectivity index (χ3n) is 2.02. The Morgan fingerprint density at radius 2 is 2.14 bits per heavy atom. The molecule has 0 aromatic rings. The first-order valence-electron chi connectivity index (χ1n) is 4.73. The van der Waals surface area contributed by atoms with Gasteiger partial charge in [-0.25, -0.2) is 0 Å². The molecule has 5 nitrogen and oxygen atoms in total. The van der Waals surface area contributed by atoms with Gasteiger partial charge >= 0.3 is 5.97 Å². The van der Waals surface area contributed by atoms with Crippen LogP contribution >= 0.6 is 0 Å². The number of nitroso groups, excluding NO2 is 1. The second-order valence-corrected chi connectivity index (χ2v) is 4.51. The fourth-order valence-corrected chi connectivity index (χ4v) is 1.39. The van der Waals surface area contributed by atoms with Crippen LogP contribution in [0, 0.1) is 10.8 Å². The highest BCUT2D eigenvalue weighted by atomic mass is 16.6. The molecule has 0 aromatic carbocycles. The van der Waals surface area contributed by atoms with E-state index in [0.717, 1.165) is 0 Å². The molecule has 1 atom stereocenters.